The highest BCUT2D eigenvalue weighted by atomic mass is 19.4. The normalized spacial score (nSPS) is 11.4. The second kappa shape index (κ2) is 9.36. The maximum Gasteiger partial charge on any atom is 0.433 e. The number of benzene rings is 1. The Hall–Kier alpha value is -2.88. The van der Waals surface area contributed by atoms with Gasteiger partial charge in [-0.25, -0.2) is 4.98 Å². The summed E-state index contributed by atoms with van der Waals surface area (Å²) in [4.78, 5) is 20.7. The van der Waals surface area contributed by atoms with Gasteiger partial charge in [0.1, 0.15) is 5.82 Å². The lowest BCUT2D eigenvalue weighted by Gasteiger charge is -2.14. The number of hydrogen-bond donors (Lipinski definition) is 3. The molecule has 1 heterocycles. The van der Waals surface area contributed by atoms with Crippen molar-refractivity contribution in [1.29, 1.82) is 0 Å². The monoisotopic (exact) mass is 396 g/mol. The molecule has 0 fully saturated rings. The topological polar surface area (TPSA) is 82.2 Å². The van der Waals surface area contributed by atoms with Crippen molar-refractivity contribution in [3.63, 3.8) is 0 Å². The Morgan fingerprint density at radius 2 is 1.75 bits per heavy atom. The number of nitrogens with one attached hydrogen (secondary N) is 3. The molecule has 0 aliphatic rings. The number of alkyl halides is 3. The van der Waals surface area contributed by atoms with E-state index in [1.165, 1.54) is 6.92 Å². The fraction of sp³-hybridized carbons (Fsp3) is 0.389. The summed E-state index contributed by atoms with van der Waals surface area (Å²) < 4.78 is 39.5. The summed E-state index contributed by atoms with van der Waals surface area (Å²) in [5, 5.41) is 8.28. The van der Waals surface area contributed by atoms with Crippen molar-refractivity contribution in [2.75, 3.05) is 43.1 Å². The molecule has 7 nitrogen and oxygen atoms in total. The Kier molecular flexibility index (Phi) is 7.16. The molecular weight excluding hydrogens is 373 g/mol. The minimum absolute atomic E-state index is 0.0183. The fourth-order valence-corrected chi connectivity index (χ4v) is 2.32. The minimum Gasteiger partial charge on any atom is -0.354 e. The van der Waals surface area contributed by atoms with E-state index in [0.717, 1.165) is 19.0 Å². The molecule has 28 heavy (non-hydrogen) atoms. The molecule has 0 saturated heterocycles. The summed E-state index contributed by atoms with van der Waals surface area (Å²) in [6.45, 7) is 2.63. The van der Waals surface area contributed by atoms with Crippen molar-refractivity contribution in [3.8, 4) is 0 Å². The first-order chi connectivity index (χ1) is 13.1. The number of carbonyl (C=O) groups excluding carboxylic acids is 1. The average molecular weight is 396 g/mol. The van der Waals surface area contributed by atoms with E-state index in [9.17, 15) is 18.0 Å². The van der Waals surface area contributed by atoms with E-state index in [4.69, 9.17) is 0 Å². The quantitative estimate of drug-likeness (QED) is 0.592. The first-order valence-electron chi connectivity index (χ1n) is 8.63. The second-order valence-electron chi connectivity index (χ2n) is 6.43. The molecule has 0 atom stereocenters. The average Bonchev–Trinajstić information content (AvgIpc) is 2.59. The molecule has 2 rings (SSSR count). The molecule has 1 amide bonds. The van der Waals surface area contributed by atoms with Crippen LogP contribution in [0.15, 0.2) is 30.3 Å². The van der Waals surface area contributed by atoms with Crippen molar-refractivity contribution in [2.24, 2.45) is 0 Å². The highest BCUT2D eigenvalue weighted by Crippen LogP contribution is 2.30. The molecule has 0 saturated carbocycles. The number of hydrogen-bond acceptors (Lipinski definition) is 6. The predicted octanol–water partition coefficient (Wildman–Crippen LogP) is 3.56. The van der Waals surface area contributed by atoms with Crippen LogP contribution >= 0.6 is 0 Å². The molecule has 3 N–H and O–H groups in total. The van der Waals surface area contributed by atoms with E-state index in [2.05, 4.69) is 25.9 Å². The van der Waals surface area contributed by atoms with Crippen LogP contribution < -0.4 is 16.0 Å². The molecule has 152 valence electrons. The number of carbonyl (C=O) groups is 1. The number of aromatic nitrogens is 2. The lowest BCUT2D eigenvalue weighted by atomic mass is 10.2. The number of halogens is 3. The van der Waals surface area contributed by atoms with Gasteiger partial charge in [-0.1, -0.05) is 0 Å². The maximum atomic E-state index is 13.2. The molecule has 0 spiro atoms. The van der Waals surface area contributed by atoms with E-state index in [1.807, 2.05) is 19.0 Å². The molecule has 1 aromatic carbocycles. The van der Waals surface area contributed by atoms with Gasteiger partial charge in [0.15, 0.2) is 5.69 Å². The molecular formula is C18H23F3N6O. The summed E-state index contributed by atoms with van der Waals surface area (Å²) in [5.74, 6) is -0.285. The maximum absolute atomic E-state index is 13.2. The van der Waals surface area contributed by atoms with Crippen LogP contribution in [0, 0.1) is 0 Å². The van der Waals surface area contributed by atoms with E-state index in [0.29, 0.717) is 17.9 Å². The fourth-order valence-electron chi connectivity index (χ4n) is 2.32. The number of anilines is 4. The molecule has 0 aliphatic carbocycles. The van der Waals surface area contributed by atoms with Crippen LogP contribution in [0.25, 0.3) is 0 Å². The Labute approximate surface area is 161 Å². The Bertz CT molecular complexity index is 793. The van der Waals surface area contributed by atoms with Gasteiger partial charge in [-0.05, 0) is 51.3 Å². The third-order valence-electron chi connectivity index (χ3n) is 3.56. The van der Waals surface area contributed by atoms with Crippen molar-refractivity contribution in [1.82, 2.24) is 14.9 Å². The summed E-state index contributed by atoms with van der Waals surface area (Å²) >= 11 is 0. The SMILES string of the molecule is CC(=O)Nc1ccc(Nc2cc(C(F)(F)F)nc(NCCCN(C)C)n2)cc1. The lowest BCUT2D eigenvalue weighted by molar-refractivity contribution is -0.141. The third-order valence-corrected chi connectivity index (χ3v) is 3.56. The van der Waals surface area contributed by atoms with E-state index < -0.39 is 11.9 Å². The number of amides is 1. The lowest BCUT2D eigenvalue weighted by Crippen LogP contribution is -2.18. The second-order valence-corrected chi connectivity index (χ2v) is 6.43. The molecule has 0 aliphatic heterocycles. The van der Waals surface area contributed by atoms with Crippen LogP contribution in [0.1, 0.15) is 19.0 Å². The highest BCUT2D eigenvalue weighted by Gasteiger charge is 2.33. The number of rotatable bonds is 8. The van der Waals surface area contributed by atoms with Gasteiger partial charge in [0.25, 0.3) is 0 Å². The zero-order chi connectivity index (χ0) is 20.7. The van der Waals surface area contributed by atoms with Gasteiger partial charge in [-0.2, -0.15) is 18.2 Å². The van der Waals surface area contributed by atoms with Gasteiger partial charge < -0.3 is 20.9 Å². The third kappa shape index (κ3) is 7.03. The largest absolute Gasteiger partial charge is 0.433 e. The van der Waals surface area contributed by atoms with Crippen molar-refractivity contribution < 1.29 is 18.0 Å². The summed E-state index contributed by atoms with van der Waals surface area (Å²) in [5.41, 5.74) is 0.0782. The van der Waals surface area contributed by atoms with Crippen molar-refractivity contribution >= 4 is 29.0 Å². The predicted molar refractivity (Wildman–Crippen MR) is 103 cm³/mol. The molecule has 2 aromatic rings. The minimum atomic E-state index is -4.59. The van der Waals surface area contributed by atoms with Crippen LogP contribution in [0.2, 0.25) is 0 Å². The Morgan fingerprint density at radius 3 is 2.32 bits per heavy atom. The summed E-state index contributed by atoms with van der Waals surface area (Å²) in [6, 6.07) is 7.38. The molecule has 0 radical (unpaired) electrons. The van der Waals surface area contributed by atoms with Gasteiger partial charge in [0.2, 0.25) is 11.9 Å². The smallest absolute Gasteiger partial charge is 0.354 e. The zero-order valence-corrected chi connectivity index (χ0v) is 15.9. The van der Waals surface area contributed by atoms with Crippen molar-refractivity contribution in [3.05, 3.63) is 36.0 Å². The van der Waals surface area contributed by atoms with E-state index in [-0.39, 0.29) is 17.7 Å². The van der Waals surface area contributed by atoms with E-state index >= 15 is 0 Å². The Balaban J connectivity index is 2.15. The van der Waals surface area contributed by atoms with Crippen LogP contribution in [0.5, 0.6) is 0 Å². The van der Waals surface area contributed by atoms with Crippen LogP contribution in [-0.4, -0.2) is 48.0 Å². The summed E-state index contributed by atoms with van der Waals surface area (Å²) in [7, 11) is 3.83. The zero-order valence-electron chi connectivity index (χ0n) is 15.9. The standard InChI is InChI=1S/C18H23F3N6O/c1-12(28)23-13-5-7-14(8-6-13)24-16-11-15(18(19,20)21)25-17(26-16)22-9-4-10-27(2)3/h5-8,11H,4,9-10H2,1-3H3,(H,23,28)(H2,22,24,25,26). The van der Waals surface area contributed by atoms with E-state index in [1.54, 1.807) is 24.3 Å². The van der Waals surface area contributed by atoms with Crippen molar-refractivity contribution in [2.45, 2.75) is 19.5 Å². The number of nitrogens with zero attached hydrogens (tertiary/aromatic N) is 3. The first-order valence-corrected chi connectivity index (χ1v) is 8.63. The van der Waals surface area contributed by atoms with Gasteiger partial charge in [-0.15, -0.1) is 0 Å². The molecule has 10 heteroatoms. The molecule has 0 unspecified atom stereocenters. The van der Waals surface area contributed by atoms with Gasteiger partial charge in [0.05, 0.1) is 0 Å². The highest BCUT2D eigenvalue weighted by molar-refractivity contribution is 5.88. The van der Waals surface area contributed by atoms with Gasteiger partial charge >= 0.3 is 6.18 Å². The van der Waals surface area contributed by atoms with Gasteiger partial charge in [0, 0.05) is 30.9 Å². The Morgan fingerprint density at radius 1 is 1.11 bits per heavy atom. The van der Waals surface area contributed by atoms with Crippen LogP contribution in [0.4, 0.5) is 36.3 Å². The van der Waals surface area contributed by atoms with Crippen LogP contribution in [-0.2, 0) is 11.0 Å². The van der Waals surface area contributed by atoms with Gasteiger partial charge in [-0.3, -0.25) is 4.79 Å². The molecule has 0 bridgehead atoms. The van der Waals surface area contributed by atoms with Crippen LogP contribution in [0.3, 0.4) is 0 Å². The molecule has 1 aromatic heterocycles. The first kappa shape index (κ1) is 21.4. The summed E-state index contributed by atoms with van der Waals surface area (Å²) in [6.07, 6.45) is -3.85.